The number of carbonyl (C=O) groups is 2. The monoisotopic (exact) mass is 485 g/mol. The fourth-order valence-corrected chi connectivity index (χ4v) is 7.23. The molecule has 35 heavy (non-hydrogen) atoms. The van der Waals surface area contributed by atoms with Gasteiger partial charge in [-0.05, 0) is 54.5 Å². The molecule has 180 valence electrons. The van der Waals surface area contributed by atoms with Crippen LogP contribution in [0.4, 0.5) is 5.69 Å². The second-order valence-corrected chi connectivity index (χ2v) is 11.0. The Labute approximate surface area is 210 Å². The predicted octanol–water partition coefficient (Wildman–Crippen LogP) is 5.79. The fourth-order valence-electron chi connectivity index (χ4n) is 6.38. The first-order chi connectivity index (χ1) is 17.2. The molecule has 3 aromatic rings. The van der Waals surface area contributed by atoms with Crippen LogP contribution in [0.1, 0.15) is 65.0 Å². The molecule has 2 fully saturated rings. The maximum absolute atomic E-state index is 14.1. The molecule has 0 spiro atoms. The standard InChI is InChI=1S/C29H31N3O2S/c33-28(19-9-2-1-3-10-19)31-24-14-7-5-12-21(24)29(34)32-17-16-22-26(25-15-8-18-35-25)30-23-13-6-4-11-20(23)27(22)32/h1-4,6,8-11,13,15,18,21-22,24,26-27,30H,5,7,12,14,16-17H2,(H,31,33)/t21-,22+,24?,26+,27-/m0/s1. The molecule has 2 aromatic carbocycles. The largest absolute Gasteiger partial charge is 0.377 e. The summed E-state index contributed by atoms with van der Waals surface area (Å²) in [4.78, 5) is 30.5. The van der Waals surface area contributed by atoms with Gasteiger partial charge in [-0.15, -0.1) is 11.3 Å². The molecule has 6 rings (SSSR count). The van der Waals surface area contributed by atoms with E-state index in [1.807, 2.05) is 30.3 Å². The Morgan fingerprint density at radius 1 is 0.914 bits per heavy atom. The summed E-state index contributed by atoms with van der Waals surface area (Å²) in [6.45, 7) is 0.766. The summed E-state index contributed by atoms with van der Waals surface area (Å²) in [5.41, 5.74) is 3.00. The summed E-state index contributed by atoms with van der Waals surface area (Å²) >= 11 is 1.78. The highest BCUT2D eigenvalue weighted by molar-refractivity contribution is 7.10. The average molecular weight is 486 g/mol. The first kappa shape index (κ1) is 22.4. The van der Waals surface area contributed by atoms with E-state index in [0.717, 1.165) is 44.3 Å². The van der Waals surface area contributed by atoms with Gasteiger partial charge >= 0.3 is 0 Å². The Morgan fingerprint density at radius 2 is 1.71 bits per heavy atom. The van der Waals surface area contributed by atoms with Crippen LogP contribution in [0.3, 0.4) is 0 Å². The Hall–Kier alpha value is -3.12. The number of hydrogen-bond donors (Lipinski definition) is 2. The zero-order valence-corrected chi connectivity index (χ0v) is 20.5. The van der Waals surface area contributed by atoms with Crippen molar-refractivity contribution in [2.45, 2.75) is 50.2 Å². The van der Waals surface area contributed by atoms with E-state index in [1.165, 1.54) is 10.4 Å². The van der Waals surface area contributed by atoms with Crippen molar-refractivity contribution in [3.63, 3.8) is 0 Å². The Balaban J connectivity index is 1.27. The lowest BCUT2D eigenvalue weighted by atomic mass is 9.80. The van der Waals surface area contributed by atoms with Gasteiger partial charge in [-0.25, -0.2) is 0 Å². The van der Waals surface area contributed by atoms with Crippen molar-refractivity contribution in [1.29, 1.82) is 0 Å². The second-order valence-electron chi connectivity index (χ2n) is 9.99. The molecule has 2 N–H and O–H groups in total. The zero-order valence-electron chi connectivity index (χ0n) is 19.7. The lowest BCUT2D eigenvalue weighted by Crippen LogP contribution is -2.50. The molecule has 1 saturated carbocycles. The van der Waals surface area contributed by atoms with E-state index in [1.54, 1.807) is 11.3 Å². The fraction of sp³-hybridized carbons (Fsp3) is 0.379. The number of nitrogens with one attached hydrogen (secondary N) is 2. The molecule has 2 amide bonds. The molecule has 5 nitrogen and oxygen atoms in total. The van der Waals surface area contributed by atoms with Crippen molar-refractivity contribution in [1.82, 2.24) is 10.2 Å². The van der Waals surface area contributed by atoms with E-state index >= 15 is 0 Å². The van der Waals surface area contributed by atoms with Gasteiger partial charge < -0.3 is 15.5 Å². The van der Waals surface area contributed by atoms with Crippen molar-refractivity contribution >= 4 is 28.8 Å². The van der Waals surface area contributed by atoms with Crippen molar-refractivity contribution < 1.29 is 9.59 Å². The van der Waals surface area contributed by atoms with Gasteiger partial charge in [0.15, 0.2) is 0 Å². The third-order valence-electron chi connectivity index (χ3n) is 8.03. The van der Waals surface area contributed by atoms with E-state index < -0.39 is 0 Å². The van der Waals surface area contributed by atoms with Crippen LogP contribution in [-0.2, 0) is 4.79 Å². The summed E-state index contributed by atoms with van der Waals surface area (Å²) < 4.78 is 0. The topological polar surface area (TPSA) is 61.4 Å². The molecule has 1 saturated heterocycles. The summed E-state index contributed by atoms with van der Waals surface area (Å²) in [5, 5.41) is 9.12. The predicted molar refractivity (Wildman–Crippen MR) is 139 cm³/mol. The minimum Gasteiger partial charge on any atom is -0.377 e. The molecule has 1 unspecified atom stereocenters. The molecule has 0 bridgehead atoms. The van der Waals surface area contributed by atoms with Crippen LogP contribution in [0.25, 0.3) is 0 Å². The maximum Gasteiger partial charge on any atom is 0.251 e. The number of fused-ring (bicyclic) bond motifs is 3. The van der Waals surface area contributed by atoms with Gasteiger partial charge in [0, 0.05) is 34.6 Å². The number of hydrogen-bond acceptors (Lipinski definition) is 4. The van der Waals surface area contributed by atoms with Gasteiger partial charge in [0.25, 0.3) is 5.91 Å². The van der Waals surface area contributed by atoms with Gasteiger partial charge in [-0.2, -0.15) is 0 Å². The van der Waals surface area contributed by atoms with Crippen molar-refractivity contribution in [2.75, 3.05) is 11.9 Å². The van der Waals surface area contributed by atoms with Crippen molar-refractivity contribution in [2.24, 2.45) is 11.8 Å². The number of nitrogens with zero attached hydrogens (tertiary/aromatic N) is 1. The highest BCUT2D eigenvalue weighted by Crippen LogP contribution is 2.52. The quantitative estimate of drug-likeness (QED) is 0.491. The van der Waals surface area contributed by atoms with E-state index in [4.69, 9.17) is 0 Å². The number of carbonyl (C=O) groups excluding carboxylic acids is 2. The number of anilines is 1. The van der Waals surface area contributed by atoms with Crippen LogP contribution in [-0.4, -0.2) is 29.3 Å². The minimum absolute atomic E-state index is 0.0689. The maximum atomic E-state index is 14.1. The molecule has 6 heteroatoms. The van der Waals surface area contributed by atoms with E-state index in [9.17, 15) is 9.59 Å². The number of likely N-dealkylation sites (tertiary alicyclic amines) is 1. The molecular weight excluding hydrogens is 454 g/mol. The van der Waals surface area contributed by atoms with E-state index in [-0.39, 0.29) is 35.9 Å². The molecule has 1 aliphatic carbocycles. The molecule has 1 aromatic heterocycles. The normalized spacial score (nSPS) is 27.4. The molecule has 2 aliphatic heterocycles. The molecule has 3 heterocycles. The summed E-state index contributed by atoms with van der Waals surface area (Å²) in [7, 11) is 0. The third kappa shape index (κ3) is 4.14. The highest BCUT2D eigenvalue weighted by atomic mass is 32.1. The smallest absolute Gasteiger partial charge is 0.251 e. The van der Waals surface area contributed by atoms with Crippen LogP contribution >= 0.6 is 11.3 Å². The third-order valence-corrected chi connectivity index (χ3v) is 8.99. The number of para-hydroxylation sites is 1. The zero-order chi connectivity index (χ0) is 23.8. The average Bonchev–Trinajstić information content (AvgIpc) is 3.60. The van der Waals surface area contributed by atoms with Gasteiger partial charge in [-0.1, -0.05) is 55.3 Å². The molecule has 5 atom stereocenters. The molecular formula is C29H31N3O2S. The first-order valence-corrected chi connectivity index (χ1v) is 13.6. The van der Waals surface area contributed by atoms with Crippen LogP contribution in [0.5, 0.6) is 0 Å². The van der Waals surface area contributed by atoms with Gasteiger partial charge in [-0.3, -0.25) is 9.59 Å². The van der Waals surface area contributed by atoms with E-state index in [0.29, 0.717) is 11.5 Å². The number of rotatable bonds is 4. The van der Waals surface area contributed by atoms with Crippen molar-refractivity contribution in [3.05, 3.63) is 88.1 Å². The van der Waals surface area contributed by atoms with Crippen LogP contribution < -0.4 is 10.6 Å². The van der Waals surface area contributed by atoms with Crippen LogP contribution in [0.2, 0.25) is 0 Å². The van der Waals surface area contributed by atoms with Gasteiger partial charge in [0.2, 0.25) is 5.91 Å². The highest BCUT2D eigenvalue weighted by Gasteiger charge is 2.48. The summed E-state index contributed by atoms with van der Waals surface area (Å²) in [6.07, 6.45) is 4.75. The molecule has 0 radical (unpaired) electrons. The first-order valence-electron chi connectivity index (χ1n) is 12.8. The lowest BCUT2D eigenvalue weighted by molar-refractivity contribution is -0.138. The Bertz CT molecular complexity index is 1200. The summed E-state index contributed by atoms with van der Waals surface area (Å²) in [5.74, 6) is 0.294. The number of thiophene rings is 1. The SMILES string of the molecule is O=C(NC1CCCC[C@@H]1C(=O)N1CC[C@@H]2[C@H](c3cccs3)Nc3ccccc3[C@@H]21)c1ccccc1. The number of amides is 2. The Kier molecular flexibility index (Phi) is 6.06. The molecule has 3 aliphatic rings. The van der Waals surface area contributed by atoms with Crippen LogP contribution in [0.15, 0.2) is 72.1 Å². The summed E-state index contributed by atoms with van der Waals surface area (Å²) in [6, 6.07) is 22.3. The van der Waals surface area contributed by atoms with Crippen LogP contribution in [0, 0.1) is 11.8 Å². The number of benzene rings is 2. The second kappa shape index (κ2) is 9.50. The van der Waals surface area contributed by atoms with Gasteiger partial charge in [0.05, 0.1) is 18.0 Å². The van der Waals surface area contributed by atoms with Gasteiger partial charge in [0.1, 0.15) is 0 Å². The lowest BCUT2D eigenvalue weighted by Gasteiger charge is -2.41. The van der Waals surface area contributed by atoms with E-state index in [2.05, 4.69) is 57.3 Å². The minimum atomic E-state index is -0.169. The Morgan fingerprint density at radius 3 is 2.54 bits per heavy atom. The van der Waals surface area contributed by atoms with Crippen molar-refractivity contribution in [3.8, 4) is 0 Å².